The van der Waals surface area contributed by atoms with Crippen molar-refractivity contribution in [2.45, 2.75) is 19.8 Å². The Morgan fingerprint density at radius 2 is 2.33 bits per heavy atom. The second-order valence-electron chi connectivity index (χ2n) is 2.55. The predicted molar refractivity (Wildman–Crippen MR) is 47.3 cm³/mol. The Bertz CT molecular complexity index is 308. The van der Waals surface area contributed by atoms with Crippen molar-refractivity contribution in [3.63, 3.8) is 0 Å². The van der Waals surface area contributed by atoms with Crippen LogP contribution in [0.3, 0.4) is 0 Å². The van der Waals surface area contributed by atoms with Gasteiger partial charge in [-0.05, 0) is 13.8 Å². The molecule has 0 saturated carbocycles. The number of nitrogens with two attached hydrogens (primary N) is 1. The highest BCUT2D eigenvalue weighted by Gasteiger charge is 2.19. The van der Waals surface area contributed by atoms with E-state index < -0.39 is 11.9 Å². The Morgan fingerprint density at radius 3 is 2.67 bits per heavy atom. The molecule has 4 nitrogen and oxygen atoms in total. The number of aliphatic carboxylic acids is 1. The van der Waals surface area contributed by atoms with Crippen LogP contribution in [0.4, 0.5) is 5.13 Å². The molecule has 0 aliphatic carbocycles. The minimum Gasteiger partial charge on any atom is -0.481 e. The van der Waals surface area contributed by atoms with Crippen molar-refractivity contribution in [2.75, 3.05) is 5.73 Å². The highest BCUT2D eigenvalue weighted by molar-refractivity contribution is 7.15. The fourth-order valence-corrected chi connectivity index (χ4v) is 1.73. The van der Waals surface area contributed by atoms with E-state index in [2.05, 4.69) is 4.98 Å². The fourth-order valence-electron chi connectivity index (χ4n) is 0.948. The van der Waals surface area contributed by atoms with E-state index in [9.17, 15) is 4.79 Å². The minimum atomic E-state index is -0.872. The molecule has 0 bridgehead atoms. The third-order valence-electron chi connectivity index (χ3n) is 1.63. The second-order valence-corrected chi connectivity index (χ2v) is 3.79. The lowest BCUT2D eigenvalue weighted by Gasteiger charge is -2.01. The predicted octanol–water partition coefficient (Wildman–Crippen LogP) is 1.22. The Kier molecular flexibility index (Phi) is 2.32. The number of rotatable bonds is 2. The number of nitrogen functional groups attached to an aromatic ring is 1. The number of thiazole rings is 1. The summed E-state index contributed by atoms with van der Waals surface area (Å²) >= 11 is 1.32. The van der Waals surface area contributed by atoms with E-state index >= 15 is 0 Å². The Hall–Kier alpha value is -1.10. The van der Waals surface area contributed by atoms with Gasteiger partial charge in [-0.1, -0.05) is 0 Å². The summed E-state index contributed by atoms with van der Waals surface area (Å²) in [7, 11) is 0. The Morgan fingerprint density at radius 1 is 1.75 bits per heavy atom. The monoisotopic (exact) mass is 186 g/mol. The van der Waals surface area contributed by atoms with E-state index in [0.717, 1.165) is 4.88 Å². The van der Waals surface area contributed by atoms with Crippen LogP contribution in [0.25, 0.3) is 0 Å². The van der Waals surface area contributed by atoms with Crippen molar-refractivity contribution in [3.8, 4) is 0 Å². The summed E-state index contributed by atoms with van der Waals surface area (Å²) in [5.74, 6) is -1.44. The van der Waals surface area contributed by atoms with E-state index in [1.54, 1.807) is 6.92 Å². The minimum absolute atomic E-state index is 0.426. The van der Waals surface area contributed by atoms with Crippen LogP contribution in [0, 0.1) is 6.92 Å². The van der Waals surface area contributed by atoms with Gasteiger partial charge in [0.1, 0.15) is 0 Å². The van der Waals surface area contributed by atoms with Gasteiger partial charge < -0.3 is 10.8 Å². The molecular weight excluding hydrogens is 176 g/mol. The molecule has 1 heterocycles. The summed E-state index contributed by atoms with van der Waals surface area (Å²) in [5.41, 5.74) is 6.01. The summed E-state index contributed by atoms with van der Waals surface area (Å²) < 4.78 is 0. The van der Waals surface area contributed by atoms with E-state index in [-0.39, 0.29) is 0 Å². The van der Waals surface area contributed by atoms with Crippen molar-refractivity contribution < 1.29 is 9.90 Å². The summed E-state index contributed by atoms with van der Waals surface area (Å²) in [6.07, 6.45) is 0. The van der Waals surface area contributed by atoms with Gasteiger partial charge in [-0.15, -0.1) is 11.3 Å². The molecule has 0 amide bonds. The van der Waals surface area contributed by atoms with E-state index in [1.165, 1.54) is 11.3 Å². The van der Waals surface area contributed by atoms with Crippen LogP contribution >= 0.6 is 11.3 Å². The number of hydrogen-bond acceptors (Lipinski definition) is 4. The zero-order valence-corrected chi connectivity index (χ0v) is 7.68. The summed E-state index contributed by atoms with van der Waals surface area (Å²) in [6, 6.07) is 0. The molecule has 0 aromatic carbocycles. The lowest BCUT2D eigenvalue weighted by molar-refractivity contribution is -0.138. The van der Waals surface area contributed by atoms with Crippen LogP contribution in [0.15, 0.2) is 0 Å². The van der Waals surface area contributed by atoms with Crippen LogP contribution in [0.1, 0.15) is 23.4 Å². The number of anilines is 1. The molecule has 1 aromatic heterocycles. The normalized spacial score (nSPS) is 12.8. The number of carboxylic acid groups (broad SMARTS) is 1. The first-order valence-corrected chi connectivity index (χ1v) is 4.29. The molecule has 0 spiro atoms. The average Bonchev–Trinajstić information content (AvgIpc) is 2.28. The van der Waals surface area contributed by atoms with E-state index in [4.69, 9.17) is 10.8 Å². The van der Waals surface area contributed by atoms with Gasteiger partial charge in [0, 0.05) is 4.88 Å². The lowest BCUT2D eigenvalue weighted by atomic mass is 10.1. The van der Waals surface area contributed by atoms with Gasteiger partial charge >= 0.3 is 5.97 Å². The molecule has 1 aromatic rings. The maximum atomic E-state index is 10.6. The molecule has 1 atom stereocenters. The topological polar surface area (TPSA) is 76.2 Å². The van der Waals surface area contributed by atoms with E-state index in [1.807, 2.05) is 6.92 Å². The van der Waals surface area contributed by atoms with Crippen LogP contribution < -0.4 is 5.73 Å². The van der Waals surface area contributed by atoms with Gasteiger partial charge in [-0.25, -0.2) is 4.98 Å². The molecule has 0 radical (unpaired) electrons. The van der Waals surface area contributed by atoms with Gasteiger partial charge in [0.2, 0.25) is 0 Å². The van der Waals surface area contributed by atoms with Crippen molar-refractivity contribution in [1.82, 2.24) is 4.98 Å². The zero-order chi connectivity index (χ0) is 9.30. The number of hydrogen-bond donors (Lipinski definition) is 2. The molecule has 66 valence electrons. The number of carbonyl (C=O) groups is 1. The molecule has 1 rings (SSSR count). The number of nitrogens with zero attached hydrogens (tertiary/aromatic N) is 1. The molecule has 1 unspecified atom stereocenters. The van der Waals surface area contributed by atoms with Gasteiger partial charge in [-0.3, -0.25) is 4.79 Å². The van der Waals surface area contributed by atoms with Gasteiger partial charge in [-0.2, -0.15) is 0 Å². The molecule has 0 aliphatic heterocycles. The molecule has 0 aliphatic rings. The second kappa shape index (κ2) is 3.10. The molecule has 12 heavy (non-hydrogen) atoms. The van der Waals surface area contributed by atoms with Gasteiger partial charge in [0.15, 0.2) is 5.13 Å². The first-order valence-electron chi connectivity index (χ1n) is 3.48. The molecular formula is C7H10N2O2S. The summed E-state index contributed by atoms with van der Waals surface area (Å²) in [5, 5.41) is 9.12. The van der Waals surface area contributed by atoms with Crippen molar-refractivity contribution in [1.29, 1.82) is 0 Å². The highest BCUT2D eigenvalue weighted by Crippen LogP contribution is 2.25. The standard InChI is InChI=1S/C7H10N2O2S/c1-3(6(10)11)5-4(2)12-7(8)9-5/h3H,1-2H3,(H2,8,9)(H,10,11). The number of carboxylic acids is 1. The third kappa shape index (κ3) is 1.55. The first-order chi connectivity index (χ1) is 5.52. The molecule has 5 heteroatoms. The molecule has 0 saturated heterocycles. The highest BCUT2D eigenvalue weighted by atomic mass is 32.1. The van der Waals surface area contributed by atoms with Crippen LogP contribution in [0.2, 0.25) is 0 Å². The lowest BCUT2D eigenvalue weighted by Crippen LogP contribution is -2.08. The van der Waals surface area contributed by atoms with Crippen molar-refractivity contribution in [2.24, 2.45) is 0 Å². The van der Waals surface area contributed by atoms with Crippen LogP contribution in [-0.4, -0.2) is 16.1 Å². The Balaban J connectivity index is 3.02. The zero-order valence-electron chi connectivity index (χ0n) is 6.87. The average molecular weight is 186 g/mol. The SMILES string of the molecule is Cc1sc(N)nc1C(C)C(=O)O. The quantitative estimate of drug-likeness (QED) is 0.728. The Labute approximate surface area is 74.0 Å². The first kappa shape index (κ1) is 8.99. The molecule has 0 fully saturated rings. The van der Waals surface area contributed by atoms with Crippen LogP contribution in [-0.2, 0) is 4.79 Å². The summed E-state index contributed by atoms with van der Waals surface area (Å²) in [4.78, 5) is 15.4. The maximum absolute atomic E-state index is 10.6. The number of aryl methyl sites for hydroxylation is 1. The van der Waals surface area contributed by atoms with Crippen LogP contribution in [0.5, 0.6) is 0 Å². The maximum Gasteiger partial charge on any atom is 0.312 e. The fraction of sp³-hybridized carbons (Fsp3) is 0.429. The van der Waals surface area contributed by atoms with Crippen molar-refractivity contribution >= 4 is 22.4 Å². The van der Waals surface area contributed by atoms with Crippen molar-refractivity contribution in [3.05, 3.63) is 10.6 Å². The van der Waals surface area contributed by atoms with Gasteiger partial charge in [0.05, 0.1) is 11.6 Å². The summed E-state index contributed by atoms with van der Waals surface area (Å²) in [6.45, 7) is 3.42. The molecule has 3 N–H and O–H groups in total. The third-order valence-corrected chi connectivity index (χ3v) is 2.45. The largest absolute Gasteiger partial charge is 0.481 e. The smallest absolute Gasteiger partial charge is 0.312 e. The van der Waals surface area contributed by atoms with E-state index in [0.29, 0.717) is 10.8 Å². The van der Waals surface area contributed by atoms with Gasteiger partial charge in [0.25, 0.3) is 0 Å². The number of aromatic nitrogens is 1.